The summed E-state index contributed by atoms with van der Waals surface area (Å²) < 4.78 is 0. The topological polar surface area (TPSA) is 12.0 Å². The Morgan fingerprint density at radius 3 is 2.35 bits per heavy atom. The van der Waals surface area contributed by atoms with Gasteiger partial charge in [-0.15, -0.1) is 0 Å². The van der Waals surface area contributed by atoms with Gasteiger partial charge in [-0.1, -0.05) is 47.5 Å². The molecule has 0 aliphatic carbocycles. The van der Waals surface area contributed by atoms with Crippen molar-refractivity contribution in [3.05, 3.63) is 69.7 Å². The van der Waals surface area contributed by atoms with Gasteiger partial charge in [0.15, 0.2) is 0 Å². The molecular formula is C18H22ClN. The van der Waals surface area contributed by atoms with Gasteiger partial charge >= 0.3 is 0 Å². The van der Waals surface area contributed by atoms with E-state index in [1.54, 1.807) is 0 Å². The van der Waals surface area contributed by atoms with E-state index < -0.39 is 0 Å². The van der Waals surface area contributed by atoms with Crippen LogP contribution >= 0.6 is 11.6 Å². The van der Waals surface area contributed by atoms with Crippen LogP contribution in [0.5, 0.6) is 0 Å². The first-order chi connectivity index (χ1) is 9.47. The maximum Gasteiger partial charge on any atom is 0.0409 e. The van der Waals surface area contributed by atoms with Crippen molar-refractivity contribution in [1.29, 1.82) is 0 Å². The molecule has 0 bridgehead atoms. The highest BCUT2D eigenvalue weighted by Crippen LogP contribution is 2.23. The summed E-state index contributed by atoms with van der Waals surface area (Å²) >= 11 is 6.06. The van der Waals surface area contributed by atoms with Crippen LogP contribution in [0.4, 0.5) is 0 Å². The fourth-order valence-corrected chi connectivity index (χ4v) is 2.85. The summed E-state index contributed by atoms with van der Waals surface area (Å²) in [7, 11) is 0. The fraction of sp³-hybridized carbons (Fsp3) is 0.333. The van der Waals surface area contributed by atoms with E-state index in [4.69, 9.17) is 11.6 Å². The van der Waals surface area contributed by atoms with Crippen LogP contribution in [0, 0.1) is 13.8 Å². The Morgan fingerprint density at radius 2 is 1.70 bits per heavy atom. The van der Waals surface area contributed by atoms with Crippen molar-refractivity contribution in [2.24, 2.45) is 0 Å². The van der Waals surface area contributed by atoms with E-state index in [-0.39, 0.29) is 6.04 Å². The molecule has 2 rings (SSSR count). The number of hydrogen-bond donors (Lipinski definition) is 1. The maximum absolute atomic E-state index is 6.06. The third kappa shape index (κ3) is 3.62. The lowest BCUT2D eigenvalue weighted by atomic mass is 9.99. The number of halogens is 1. The molecule has 1 nitrogen and oxygen atoms in total. The first kappa shape index (κ1) is 15.1. The molecule has 0 radical (unpaired) electrons. The molecule has 0 heterocycles. The van der Waals surface area contributed by atoms with Crippen LogP contribution in [-0.2, 0) is 0 Å². The van der Waals surface area contributed by atoms with Crippen molar-refractivity contribution in [1.82, 2.24) is 5.32 Å². The van der Waals surface area contributed by atoms with Gasteiger partial charge in [-0.3, -0.25) is 0 Å². The molecule has 0 fully saturated rings. The molecule has 0 amide bonds. The third-order valence-corrected chi connectivity index (χ3v) is 3.98. The van der Waals surface area contributed by atoms with Gasteiger partial charge in [-0.05, 0) is 56.5 Å². The lowest BCUT2D eigenvalue weighted by Gasteiger charge is -2.22. The Labute approximate surface area is 127 Å². The highest BCUT2D eigenvalue weighted by atomic mass is 35.5. The van der Waals surface area contributed by atoms with Crippen LogP contribution < -0.4 is 5.32 Å². The van der Waals surface area contributed by atoms with E-state index in [0.29, 0.717) is 6.04 Å². The molecule has 2 aromatic rings. The van der Waals surface area contributed by atoms with Crippen molar-refractivity contribution >= 4 is 11.6 Å². The van der Waals surface area contributed by atoms with E-state index in [1.807, 2.05) is 18.2 Å². The van der Waals surface area contributed by atoms with Gasteiger partial charge in [0.2, 0.25) is 0 Å². The zero-order chi connectivity index (χ0) is 14.7. The molecule has 1 unspecified atom stereocenters. The van der Waals surface area contributed by atoms with Crippen molar-refractivity contribution in [3.8, 4) is 0 Å². The molecule has 0 saturated carbocycles. The molecule has 0 aliphatic rings. The predicted molar refractivity (Wildman–Crippen MR) is 87.3 cm³/mol. The van der Waals surface area contributed by atoms with E-state index in [0.717, 1.165) is 5.02 Å². The van der Waals surface area contributed by atoms with Crippen molar-refractivity contribution in [2.75, 3.05) is 0 Å². The van der Waals surface area contributed by atoms with Crippen molar-refractivity contribution in [2.45, 2.75) is 39.8 Å². The predicted octanol–water partition coefficient (Wildman–Crippen LogP) is 5.37. The Kier molecular flexibility index (Phi) is 4.85. The summed E-state index contributed by atoms with van der Waals surface area (Å²) in [5.41, 5.74) is 5.21. The minimum Gasteiger partial charge on any atom is -0.304 e. The fourth-order valence-electron chi connectivity index (χ4n) is 2.65. The van der Waals surface area contributed by atoms with E-state index in [9.17, 15) is 0 Å². The van der Waals surface area contributed by atoms with Crippen molar-refractivity contribution < 1.29 is 0 Å². The SMILES string of the molecule is Cc1ccc(C(C)N[C@H](C)c2cccc(Cl)c2)c(C)c1. The average molecular weight is 288 g/mol. The quantitative estimate of drug-likeness (QED) is 0.797. The summed E-state index contributed by atoms with van der Waals surface area (Å²) in [6.07, 6.45) is 0. The minimum absolute atomic E-state index is 0.268. The molecule has 2 atom stereocenters. The van der Waals surface area contributed by atoms with Crippen LogP contribution in [0.3, 0.4) is 0 Å². The van der Waals surface area contributed by atoms with Crippen LogP contribution in [0.15, 0.2) is 42.5 Å². The third-order valence-electron chi connectivity index (χ3n) is 3.74. The molecule has 0 aromatic heterocycles. The molecule has 20 heavy (non-hydrogen) atoms. The zero-order valence-corrected chi connectivity index (χ0v) is 13.3. The highest BCUT2D eigenvalue weighted by molar-refractivity contribution is 6.30. The molecular weight excluding hydrogens is 266 g/mol. The van der Waals surface area contributed by atoms with E-state index >= 15 is 0 Å². The molecule has 0 aliphatic heterocycles. The summed E-state index contributed by atoms with van der Waals surface area (Å²) in [4.78, 5) is 0. The molecule has 0 saturated heterocycles. The number of aryl methyl sites for hydroxylation is 2. The average Bonchev–Trinajstić information content (AvgIpc) is 2.38. The lowest BCUT2D eigenvalue weighted by Crippen LogP contribution is -2.23. The first-order valence-electron chi connectivity index (χ1n) is 7.06. The molecule has 2 heteroatoms. The summed E-state index contributed by atoms with van der Waals surface area (Å²) in [6, 6.07) is 15.2. The van der Waals surface area contributed by atoms with Gasteiger partial charge < -0.3 is 5.32 Å². The second-order valence-corrected chi connectivity index (χ2v) is 5.96. The summed E-state index contributed by atoms with van der Waals surface area (Å²) in [6.45, 7) is 8.68. The Bertz CT molecular complexity index is 592. The number of hydrogen-bond acceptors (Lipinski definition) is 1. The first-order valence-corrected chi connectivity index (χ1v) is 7.44. The van der Waals surface area contributed by atoms with E-state index in [1.165, 1.54) is 22.3 Å². The number of nitrogens with one attached hydrogen (secondary N) is 1. The number of rotatable bonds is 4. The minimum atomic E-state index is 0.268. The van der Waals surface area contributed by atoms with Gasteiger partial charge in [0.05, 0.1) is 0 Å². The van der Waals surface area contributed by atoms with E-state index in [2.05, 4.69) is 57.3 Å². The molecule has 106 valence electrons. The number of benzene rings is 2. The molecule has 2 aromatic carbocycles. The molecule has 0 spiro atoms. The van der Waals surface area contributed by atoms with Gasteiger partial charge in [0.1, 0.15) is 0 Å². The van der Waals surface area contributed by atoms with Gasteiger partial charge in [0, 0.05) is 17.1 Å². The largest absolute Gasteiger partial charge is 0.304 e. The second-order valence-electron chi connectivity index (χ2n) is 5.53. The van der Waals surface area contributed by atoms with Crippen LogP contribution in [0.25, 0.3) is 0 Å². The summed E-state index contributed by atoms with van der Waals surface area (Å²) in [5.74, 6) is 0. The normalized spacial score (nSPS) is 14.1. The van der Waals surface area contributed by atoms with Crippen LogP contribution in [-0.4, -0.2) is 0 Å². The molecule has 1 N–H and O–H groups in total. The lowest BCUT2D eigenvalue weighted by molar-refractivity contribution is 0.493. The Balaban J connectivity index is 2.12. The standard InChI is InChI=1S/C18H22ClN/c1-12-8-9-18(13(2)10-12)15(4)20-14(3)16-6-5-7-17(19)11-16/h5-11,14-15,20H,1-4H3/t14-,15?/m1/s1. The van der Waals surface area contributed by atoms with Gasteiger partial charge in [0.25, 0.3) is 0 Å². The van der Waals surface area contributed by atoms with Crippen LogP contribution in [0.2, 0.25) is 5.02 Å². The maximum atomic E-state index is 6.06. The second kappa shape index (κ2) is 6.43. The monoisotopic (exact) mass is 287 g/mol. The van der Waals surface area contributed by atoms with Gasteiger partial charge in [-0.25, -0.2) is 0 Å². The van der Waals surface area contributed by atoms with Crippen molar-refractivity contribution in [3.63, 3.8) is 0 Å². The highest BCUT2D eigenvalue weighted by Gasteiger charge is 2.13. The smallest absolute Gasteiger partial charge is 0.0409 e. The Hall–Kier alpha value is -1.31. The van der Waals surface area contributed by atoms with Gasteiger partial charge in [-0.2, -0.15) is 0 Å². The van der Waals surface area contributed by atoms with Crippen LogP contribution in [0.1, 0.15) is 48.2 Å². The Morgan fingerprint density at radius 1 is 0.950 bits per heavy atom. The zero-order valence-electron chi connectivity index (χ0n) is 12.6. The summed E-state index contributed by atoms with van der Waals surface area (Å²) in [5, 5.41) is 4.43.